The minimum atomic E-state index is -0.267. The predicted molar refractivity (Wildman–Crippen MR) is 112 cm³/mol. The monoisotopic (exact) mass is 370 g/mol. The quantitative estimate of drug-likeness (QED) is 0.703. The average molecular weight is 370 g/mol. The first kappa shape index (κ1) is 18.0. The Morgan fingerprint density at radius 2 is 1.57 bits per heavy atom. The third-order valence-corrected chi connectivity index (χ3v) is 5.01. The van der Waals surface area contributed by atoms with Gasteiger partial charge in [0, 0.05) is 11.4 Å². The molecule has 0 fully saturated rings. The molecule has 4 rings (SSSR count). The van der Waals surface area contributed by atoms with Crippen molar-refractivity contribution in [2.75, 3.05) is 10.2 Å². The van der Waals surface area contributed by atoms with Gasteiger partial charge in [0.05, 0.1) is 17.7 Å². The molecule has 1 aliphatic rings. The van der Waals surface area contributed by atoms with E-state index >= 15 is 0 Å². The number of anilines is 2. The summed E-state index contributed by atoms with van der Waals surface area (Å²) in [4.78, 5) is 27.8. The molecule has 4 heteroatoms. The van der Waals surface area contributed by atoms with Crippen molar-refractivity contribution in [1.82, 2.24) is 0 Å². The molecule has 0 saturated heterocycles. The fraction of sp³-hybridized carbons (Fsp3) is 0.167. The van der Waals surface area contributed by atoms with Gasteiger partial charge in [0.1, 0.15) is 0 Å². The highest BCUT2D eigenvalue weighted by Gasteiger charge is 2.32. The zero-order valence-electron chi connectivity index (χ0n) is 16.2. The number of aryl methyl sites for hydroxylation is 3. The molecular weight excluding hydrogens is 348 g/mol. The second kappa shape index (κ2) is 6.97. The van der Waals surface area contributed by atoms with E-state index in [9.17, 15) is 9.59 Å². The number of hydrogen-bond acceptors (Lipinski definition) is 2. The topological polar surface area (TPSA) is 49.4 Å². The first-order chi connectivity index (χ1) is 13.4. The first-order valence-corrected chi connectivity index (χ1v) is 9.32. The van der Waals surface area contributed by atoms with Crippen LogP contribution in [-0.4, -0.2) is 11.8 Å². The fourth-order valence-electron chi connectivity index (χ4n) is 3.70. The molecule has 0 radical (unpaired) electrons. The number of carbonyl (C=O) groups is 2. The zero-order chi connectivity index (χ0) is 19.8. The van der Waals surface area contributed by atoms with E-state index in [4.69, 9.17) is 0 Å². The maximum absolute atomic E-state index is 13.2. The molecule has 0 unspecified atom stereocenters. The summed E-state index contributed by atoms with van der Waals surface area (Å²) in [5, 5.41) is 2.90. The summed E-state index contributed by atoms with van der Waals surface area (Å²) in [6.07, 6.45) is 0. The molecule has 0 atom stereocenters. The van der Waals surface area contributed by atoms with E-state index in [0.29, 0.717) is 23.4 Å². The molecule has 3 aromatic carbocycles. The second-order valence-electron chi connectivity index (χ2n) is 7.40. The van der Waals surface area contributed by atoms with Crippen LogP contribution in [0.1, 0.15) is 43.0 Å². The van der Waals surface area contributed by atoms with E-state index in [0.717, 1.165) is 27.9 Å². The van der Waals surface area contributed by atoms with Gasteiger partial charge in [-0.25, -0.2) is 0 Å². The minimum Gasteiger partial charge on any atom is -0.322 e. The highest BCUT2D eigenvalue weighted by atomic mass is 16.2. The van der Waals surface area contributed by atoms with Gasteiger partial charge in [-0.3, -0.25) is 9.59 Å². The van der Waals surface area contributed by atoms with Crippen LogP contribution in [0.5, 0.6) is 0 Å². The number of rotatable bonds is 3. The maximum Gasteiger partial charge on any atom is 0.259 e. The van der Waals surface area contributed by atoms with Crippen LogP contribution < -0.4 is 10.2 Å². The Labute approximate surface area is 164 Å². The van der Waals surface area contributed by atoms with Crippen molar-refractivity contribution in [3.8, 4) is 0 Å². The summed E-state index contributed by atoms with van der Waals surface area (Å²) in [6.45, 7) is 6.51. The van der Waals surface area contributed by atoms with Crippen molar-refractivity contribution in [3.05, 3.63) is 94.0 Å². The number of nitrogens with one attached hydrogen (secondary N) is 1. The van der Waals surface area contributed by atoms with Gasteiger partial charge < -0.3 is 10.2 Å². The van der Waals surface area contributed by atoms with E-state index in [1.165, 1.54) is 0 Å². The Morgan fingerprint density at radius 1 is 0.893 bits per heavy atom. The lowest BCUT2D eigenvalue weighted by molar-refractivity contribution is 0.0976. The Morgan fingerprint density at radius 3 is 2.25 bits per heavy atom. The lowest BCUT2D eigenvalue weighted by atomic mass is 10.0. The van der Waals surface area contributed by atoms with Gasteiger partial charge in [0.25, 0.3) is 11.8 Å². The number of carbonyl (C=O) groups excluding carboxylic acids is 2. The van der Waals surface area contributed by atoms with Gasteiger partial charge in [0.15, 0.2) is 0 Å². The molecule has 140 valence electrons. The van der Waals surface area contributed by atoms with Crippen LogP contribution in [-0.2, 0) is 6.54 Å². The number of hydrogen-bond donors (Lipinski definition) is 1. The van der Waals surface area contributed by atoms with E-state index in [1.807, 2.05) is 69.3 Å². The summed E-state index contributed by atoms with van der Waals surface area (Å²) in [5.74, 6) is -0.397. The Kier molecular flexibility index (Phi) is 4.47. The van der Waals surface area contributed by atoms with Crippen LogP contribution in [0, 0.1) is 20.8 Å². The third-order valence-electron chi connectivity index (χ3n) is 5.01. The molecule has 3 aromatic rings. The van der Waals surface area contributed by atoms with E-state index in [-0.39, 0.29) is 11.8 Å². The molecule has 1 N–H and O–H groups in total. The molecule has 0 saturated carbocycles. The van der Waals surface area contributed by atoms with Crippen LogP contribution in [0.3, 0.4) is 0 Å². The molecule has 28 heavy (non-hydrogen) atoms. The molecule has 0 spiro atoms. The third kappa shape index (κ3) is 3.29. The largest absolute Gasteiger partial charge is 0.322 e. The highest BCUT2D eigenvalue weighted by Crippen LogP contribution is 2.32. The Balaban J connectivity index is 1.66. The van der Waals surface area contributed by atoms with Gasteiger partial charge in [-0.15, -0.1) is 0 Å². The lowest BCUT2D eigenvalue weighted by Crippen LogP contribution is -2.25. The highest BCUT2D eigenvalue weighted by molar-refractivity contribution is 6.18. The maximum atomic E-state index is 13.2. The Bertz CT molecular complexity index is 1060. The van der Waals surface area contributed by atoms with Crippen LogP contribution >= 0.6 is 0 Å². The van der Waals surface area contributed by atoms with Crippen LogP contribution in [0.2, 0.25) is 0 Å². The summed E-state index contributed by atoms with van der Waals surface area (Å²) in [7, 11) is 0. The lowest BCUT2D eigenvalue weighted by Gasteiger charge is -2.17. The predicted octanol–water partition coefficient (Wildman–Crippen LogP) is 5.02. The van der Waals surface area contributed by atoms with Crippen LogP contribution in [0.15, 0.2) is 60.7 Å². The average Bonchev–Trinajstić information content (AvgIpc) is 3.00. The summed E-state index contributed by atoms with van der Waals surface area (Å²) in [5.41, 5.74) is 6.69. The SMILES string of the molecule is Cc1ccc(NC(=O)c2cccc3c2C(=O)N(c2cc(C)cc(C)c2)C3)cc1. The van der Waals surface area contributed by atoms with Crippen molar-refractivity contribution < 1.29 is 9.59 Å². The molecule has 1 aliphatic heterocycles. The van der Waals surface area contributed by atoms with Crippen LogP contribution in [0.25, 0.3) is 0 Å². The Hall–Kier alpha value is -3.40. The van der Waals surface area contributed by atoms with Gasteiger partial charge in [-0.2, -0.15) is 0 Å². The summed E-state index contributed by atoms with van der Waals surface area (Å²) in [6, 6.07) is 19.2. The summed E-state index contributed by atoms with van der Waals surface area (Å²) < 4.78 is 0. The van der Waals surface area contributed by atoms with Gasteiger partial charge >= 0.3 is 0 Å². The fourth-order valence-corrected chi connectivity index (χ4v) is 3.70. The van der Waals surface area contributed by atoms with Crippen molar-refractivity contribution in [3.63, 3.8) is 0 Å². The van der Waals surface area contributed by atoms with Crippen molar-refractivity contribution in [1.29, 1.82) is 0 Å². The van der Waals surface area contributed by atoms with Crippen molar-refractivity contribution >= 4 is 23.2 Å². The minimum absolute atomic E-state index is 0.130. The normalized spacial score (nSPS) is 12.8. The van der Waals surface area contributed by atoms with Gasteiger partial charge in [-0.05, 0) is 67.8 Å². The van der Waals surface area contributed by atoms with Crippen molar-refractivity contribution in [2.45, 2.75) is 27.3 Å². The smallest absolute Gasteiger partial charge is 0.259 e. The van der Waals surface area contributed by atoms with E-state index in [2.05, 4.69) is 11.4 Å². The number of nitrogens with zero attached hydrogens (tertiary/aromatic N) is 1. The van der Waals surface area contributed by atoms with Gasteiger partial charge in [-0.1, -0.05) is 35.9 Å². The summed E-state index contributed by atoms with van der Waals surface area (Å²) >= 11 is 0. The van der Waals surface area contributed by atoms with Crippen LogP contribution in [0.4, 0.5) is 11.4 Å². The molecule has 0 aliphatic carbocycles. The molecule has 1 heterocycles. The second-order valence-corrected chi connectivity index (χ2v) is 7.40. The molecule has 4 nitrogen and oxygen atoms in total. The first-order valence-electron chi connectivity index (χ1n) is 9.32. The van der Waals surface area contributed by atoms with Gasteiger partial charge in [0.2, 0.25) is 0 Å². The number of amides is 2. The van der Waals surface area contributed by atoms with Crippen molar-refractivity contribution in [2.24, 2.45) is 0 Å². The van der Waals surface area contributed by atoms with E-state index in [1.54, 1.807) is 11.0 Å². The van der Waals surface area contributed by atoms with E-state index < -0.39 is 0 Å². The number of fused-ring (bicyclic) bond motifs is 1. The molecule has 0 bridgehead atoms. The molecule has 0 aromatic heterocycles. The molecule has 2 amide bonds. The standard InChI is InChI=1S/C24H22N2O2/c1-15-7-9-19(10-8-15)25-23(27)21-6-4-5-18-14-26(24(28)22(18)21)20-12-16(2)11-17(3)13-20/h4-13H,14H2,1-3H3,(H,25,27). The molecular formula is C24H22N2O2. The zero-order valence-corrected chi connectivity index (χ0v) is 16.2. The number of benzene rings is 3.